The number of carbonyl (C=O) groups excluding carboxylic acids is 1. The normalized spacial score (nSPS) is 22.6. The van der Waals surface area contributed by atoms with E-state index in [0.29, 0.717) is 18.0 Å². The highest BCUT2D eigenvalue weighted by molar-refractivity contribution is 7.89. The molecule has 1 atom stereocenters. The molecule has 1 saturated heterocycles. The molecule has 0 unspecified atom stereocenters. The molecule has 0 aliphatic carbocycles. The lowest BCUT2D eigenvalue weighted by molar-refractivity contribution is -0.118. The van der Waals surface area contributed by atoms with Gasteiger partial charge in [-0.25, -0.2) is 8.42 Å². The molecule has 0 spiro atoms. The number of anilines is 1. The summed E-state index contributed by atoms with van der Waals surface area (Å²) in [6, 6.07) is 2.75. The number of nitrogens with zero attached hydrogens (tertiary/aromatic N) is 1. The van der Waals surface area contributed by atoms with Crippen LogP contribution in [0.4, 0.5) is 5.69 Å². The van der Waals surface area contributed by atoms with Gasteiger partial charge in [0.2, 0.25) is 10.0 Å². The molecule has 0 saturated carbocycles. The number of ether oxygens (including phenoxy) is 2. The lowest BCUT2D eigenvalue weighted by atomic mass is 10.2. The first-order valence-electron chi connectivity index (χ1n) is 6.76. The van der Waals surface area contributed by atoms with E-state index < -0.39 is 10.0 Å². The first-order chi connectivity index (χ1) is 10.4. The summed E-state index contributed by atoms with van der Waals surface area (Å²) < 4.78 is 37.5. The molecule has 0 aromatic heterocycles. The Labute approximate surface area is 133 Å². The lowest BCUT2D eigenvalue weighted by Crippen LogP contribution is -2.44. The van der Waals surface area contributed by atoms with Crippen molar-refractivity contribution in [1.82, 2.24) is 4.31 Å². The van der Waals surface area contributed by atoms with Gasteiger partial charge >= 0.3 is 0 Å². The number of rotatable bonds is 2. The average molecular weight is 347 g/mol. The van der Waals surface area contributed by atoms with Gasteiger partial charge in [0.15, 0.2) is 6.61 Å². The maximum Gasteiger partial charge on any atom is 0.262 e. The van der Waals surface area contributed by atoms with Crippen LogP contribution in [0.15, 0.2) is 17.0 Å². The van der Waals surface area contributed by atoms with Crippen LogP contribution in [0.5, 0.6) is 5.75 Å². The molecule has 2 heterocycles. The van der Waals surface area contributed by atoms with E-state index in [1.165, 1.54) is 16.4 Å². The number of hydrogen-bond acceptors (Lipinski definition) is 5. The van der Waals surface area contributed by atoms with Crippen molar-refractivity contribution in [3.8, 4) is 5.75 Å². The lowest BCUT2D eigenvalue weighted by Gasteiger charge is -2.31. The number of carbonyl (C=O) groups is 1. The third-order valence-corrected chi connectivity index (χ3v) is 5.82. The molecular weight excluding hydrogens is 332 g/mol. The molecule has 0 bridgehead atoms. The van der Waals surface area contributed by atoms with Gasteiger partial charge in [0.1, 0.15) is 10.6 Å². The maximum absolute atomic E-state index is 12.7. The van der Waals surface area contributed by atoms with Crippen LogP contribution in [-0.4, -0.2) is 51.0 Å². The van der Waals surface area contributed by atoms with Crippen molar-refractivity contribution in [2.45, 2.75) is 17.9 Å². The molecule has 1 aromatic carbocycles. The number of sulfonamides is 1. The molecule has 0 radical (unpaired) electrons. The summed E-state index contributed by atoms with van der Waals surface area (Å²) in [5.74, 6) is -0.00920. The van der Waals surface area contributed by atoms with Gasteiger partial charge in [0, 0.05) is 19.2 Å². The number of benzene rings is 1. The predicted octanol–water partition coefficient (Wildman–Crippen LogP) is 1.08. The minimum atomic E-state index is -3.74. The SMILES string of the molecule is C[C@H]1CN(S(=O)(=O)c2cc3c(cc2Cl)NC(=O)CO3)CCO1. The maximum atomic E-state index is 12.7. The van der Waals surface area contributed by atoms with E-state index in [2.05, 4.69) is 5.32 Å². The van der Waals surface area contributed by atoms with Crippen molar-refractivity contribution in [2.24, 2.45) is 0 Å². The Morgan fingerprint density at radius 2 is 2.18 bits per heavy atom. The van der Waals surface area contributed by atoms with Gasteiger partial charge in [-0.15, -0.1) is 0 Å². The number of halogens is 1. The number of hydrogen-bond donors (Lipinski definition) is 1. The molecule has 2 aliphatic heterocycles. The Kier molecular flexibility index (Phi) is 4.02. The van der Waals surface area contributed by atoms with E-state index in [9.17, 15) is 13.2 Å². The highest BCUT2D eigenvalue weighted by Gasteiger charge is 2.32. The first-order valence-corrected chi connectivity index (χ1v) is 8.57. The van der Waals surface area contributed by atoms with Crippen molar-refractivity contribution in [3.05, 3.63) is 17.2 Å². The minimum Gasteiger partial charge on any atom is -0.482 e. The van der Waals surface area contributed by atoms with E-state index in [1.54, 1.807) is 0 Å². The molecule has 9 heteroatoms. The van der Waals surface area contributed by atoms with Crippen molar-refractivity contribution in [3.63, 3.8) is 0 Å². The van der Waals surface area contributed by atoms with Crippen LogP contribution in [0.3, 0.4) is 0 Å². The summed E-state index contributed by atoms with van der Waals surface area (Å²) in [4.78, 5) is 11.3. The summed E-state index contributed by atoms with van der Waals surface area (Å²) in [7, 11) is -3.74. The van der Waals surface area contributed by atoms with Crippen LogP contribution in [0.25, 0.3) is 0 Å². The smallest absolute Gasteiger partial charge is 0.262 e. The van der Waals surface area contributed by atoms with E-state index >= 15 is 0 Å². The third kappa shape index (κ3) is 2.79. The van der Waals surface area contributed by atoms with Crippen molar-refractivity contribution >= 4 is 33.2 Å². The van der Waals surface area contributed by atoms with Crippen LogP contribution in [-0.2, 0) is 19.6 Å². The largest absolute Gasteiger partial charge is 0.482 e. The molecule has 1 amide bonds. The van der Waals surface area contributed by atoms with Gasteiger partial charge in [0.05, 0.1) is 23.4 Å². The minimum absolute atomic E-state index is 0.0295. The van der Waals surface area contributed by atoms with E-state index in [0.717, 1.165) is 0 Å². The van der Waals surface area contributed by atoms with E-state index in [-0.39, 0.29) is 41.6 Å². The fraction of sp³-hybridized carbons (Fsp3) is 0.462. The summed E-state index contributed by atoms with van der Waals surface area (Å²) in [5, 5.41) is 2.63. The number of nitrogens with one attached hydrogen (secondary N) is 1. The fourth-order valence-electron chi connectivity index (χ4n) is 2.42. The summed E-state index contributed by atoms with van der Waals surface area (Å²) >= 11 is 6.11. The second kappa shape index (κ2) is 5.69. The van der Waals surface area contributed by atoms with Gasteiger partial charge in [-0.1, -0.05) is 11.6 Å². The molecular formula is C13H15ClN2O5S. The molecule has 22 heavy (non-hydrogen) atoms. The highest BCUT2D eigenvalue weighted by atomic mass is 35.5. The molecule has 3 rings (SSSR count). The van der Waals surface area contributed by atoms with Crippen molar-refractivity contribution in [1.29, 1.82) is 0 Å². The van der Waals surface area contributed by atoms with Gasteiger partial charge in [-0.3, -0.25) is 4.79 Å². The monoisotopic (exact) mass is 346 g/mol. The number of fused-ring (bicyclic) bond motifs is 1. The predicted molar refractivity (Wildman–Crippen MR) is 79.7 cm³/mol. The van der Waals surface area contributed by atoms with Gasteiger partial charge < -0.3 is 14.8 Å². The number of morpholine rings is 1. The van der Waals surface area contributed by atoms with Crippen LogP contribution in [0, 0.1) is 0 Å². The Morgan fingerprint density at radius 3 is 2.91 bits per heavy atom. The zero-order chi connectivity index (χ0) is 15.9. The van der Waals surface area contributed by atoms with Gasteiger partial charge in [0.25, 0.3) is 5.91 Å². The Balaban J connectivity index is 1.98. The third-order valence-electron chi connectivity index (χ3n) is 3.49. The Hall–Kier alpha value is -1.35. The second-order valence-corrected chi connectivity index (χ2v) is 7.47. The zero-order valence-electron chi connectivity index (χ0n) is 11.8. The number of amides is 1. The molecule has 1 aromatic rings. The summed E-state index contributed by atoms with van der Waals surface area (Å²) in [5.41, 5.74) is 0.371. The summed E-state index contributed by atoms with van der Waals surface area (Å²) in [6.45, 7) is 2.55. The quantitative estimate of drug-likeness (QED) is 0.866. The van der Waals surface area contributed by atoms with Gasteiger partial charge in [-0.05, 0) is 13.0 Å². The van der Waals surface area contributed by atoms with Gasteiger partial charge in [-0.2, -0.15) is 4.31 Å². The summed E-state index contributed by atoms with van der Waals surface area (Å²) in [6.07, 6.45) is -0.171. The molecule has 120 valence electrons. The van der Waals surface area contributed by atoms with E-state index in [1.807, 2.05) is 6.92 Å². The average Bonchev–Trinajstić information content (AvgIpc) is 2.46. The molecule has 2 aliphatic rings. The first kappa shape index (κ1) is 15.5. The molecule has 1 fully saturated rings. The standard InChI is InChI=1S/C13H15ClN2O5S/c1-8-6-16(2-3-20-8)22(18,19)12-5-11-10(4-9(12)14)15-13(17)7-21-11/h4-5,8H,2-3,6-7H2,1H3,(H,15,17)/t8-/m0/s1. The van der Waals surface area contributed by atoms with Crippen molar-refractivity contribution < 1.29 is 22.7 Å². The van der Waals surface area contributed by atoms with Crippen LogP contribution in [0.1, 0.15) is 6.92 Å². The highest BCUT2D eigenvalue weighted by Crippen LogP contribution is 2.37. The van der Waals surface area contributed by atoms with Crippen LogP contribution >= 0.6 is 11.6 Å². The van der Waals surface area contributed by atoms with E-state index in [4.69, 9.17) is 21.1 Å². The van der Waals surface area contributed by atoms with Crippen molar-refractivity contribution in [2.75, 3.05) is 31.6 Å². The molecule has 7 nitrogen and oxygen atoms in total. The fourth-order valence-corrected chi connectivity index (χ4v) is 4.44. The van der Waals surface area contributed by atoms with Crippen LogP contribution in [0.2, 0.25) is 5.02 Å². The second-order valence-electron chi connectivity index (χ2n) is 5.16. The zero-order valence-corrected chi connectivity index (χ0v) is 13.4. The topological polar surface area (TPSA) is 84.9 Å². The Morgan fingerprint density at radius 1 is 1.41 bits per heavy atom. The molecule has 1 N–H and O–H groups in total. The van der Waals surface area contributed by atoms with Crippen LogP contribution < -0.4 is 10.1 Å². The Bertz CT molecular complexity index is 721.